The maximum absolute atomic E-state index is 12.1. The molecule has 0 saturated carbocycles. The predicted octanol–water partition coefficient (Wildman–Crippen LogP) is 2.72. The molecule has 0 aromatic heterocycles. The summed E-state index contributed by atoms with van der Waals surface area (Å²) >= 11 is 5.92. The van der Waals surface area contributed by atoms with Crippen LogP contribution in [0.2, 0.25) is 5.02 Å². The number of nitrogens with two attached hydrogens (primary N) is 1. The average molecular weight is 283 g/mol. The van der Waals surface area contributed by atoms with Crippen LogP contribution in [-0.4, -0.2) is 8.42 Å². The molecular weight excluding hydrogens is 272 g/mol. The van der Waals surface area contributed by atoms with Crippen LogP contribution >= 0.6 is 11.6 Å². The molecule has 2 aromatic carbocycles. The van der Waals surface area contributed by atoms with Gasteiger partial charge in [0.1, 0.15) is 0 Å². The third kappa shape index (κ3) is 2.57. The Labute approximate surface area is 110 Å². The molecule has 0 bridgehead atoms. The average Bonchev–Trinajstić information content (AvgIpc) is 2.35. The summed E-state index contributed by atoms with van der Waals surface area (Å²) in [5, 5.41) is 0.259. The molecule has 2 rings (SSSR count). The van der Waals surface area contributed by atoms with Crippen LogP contribution in [0, 0.1) is 0 Å². The summed E-state index contributed by atoms with van der Waals surface area (Å²) in [5.41, 5.74) is 6.17. The Morgan fingerprint density at radius 1 is 1.00 bits per heavy atom. The van der Waals surface area contributed by atoms with Crippen molar-refractivity contribution in [3.63, 3.8) is 0 Å². The first-order chi connectivity index (χ1) is 8.50. The molecule has 0 radical (unpaired) electrons. The van der Waals surface area contributed by atoms with Gasteiger partial charge in [-0.2, -0.15) is 0 Å². The molecule has 0 unspecified atom stereocenters. The van der Waals surface area contributed by atoms with E-state index in [1.807, 2.05) is 0 Å². The van der Waals surface area contributed by atoms with E-state index in [-0.39, 0.29) is 21.3 Å². The number of benzene rings is 2. The first-order valence-electron chi connectivity index (χ1n) is 5.12. The van der Waals surface area contributed by atoms with Crippen LogP contribution in [0.3, 0.4) is 0 Å². The molecule has 6 heteroatoms. The van der Waals surface area contributed by atoms with Gasteiger partial charge in [0.15, 0.2) is 0 Å². The summed E-state index contributed by atoms with van der Waals surface area (Å²) in [7, 11) is -3.67. The summed E-state index contributed by atoms with van der Waals surface area (Å²) in [6.07, 6.45) is 0. The summed E-state index contributed by atoms with van der Waals surface area (Å²) in [4.78, 5) is 0.157. The van der Waals surface area contributed by atoms with Gasteiger partial charge in [0.25, 0.3) is 10.0 Å². The van der Waals surface area contributed by atoms with E-state index >= 15 is 0 Å². The van der Waals surface area contributed by atoms with Crippen molar-refractivity contribution in [1.82, 2.24) is 0 Å². The zero-order valence-electron chi connectivity index (χ0n) is 9.30. The molecule has 3 N–H and O–H groups in total. The van der Waals surface area contributed by atoms with Crippen molar-refractivity contribution in [2.24, 2.45) is 0 Å². The highest BCUT2D eigenvalue weighted by Crippen LogP contribution is 2.29. The van der Waals surface area contributed by atoms with Crippen molar-refractivity contribution < 1.29 is 8.42 Å². The van der Waals surface area contributed by atoms with E-state index in [2.05, 4.69) is 4.72 Å². The van der Waals surface area contributed by atoms with Gasteiger partial charge in [-0.3, -0.25) is 4.72 Å². The van der Waals surface area contributed by atoms with Crippen molar-refractivity contribution in [1.29, 1.82) is 0 Å². The van der Waals surface area contributed by atoms with E-state index in [1.165, 1.54) is 12.1 Å². The smallest absolute Gasteiger partial charge is 0.262 e. The Morgan fingerprint density at radius 3 is 2.28 bits per heavy atom. The van der Waals surface area contributed by atoms with Gasteiger partial charge in [-0.25, -0.2) is 8.42 Å². The number of nitrogen functional groups attached to an aromatic ring is 1. The van der Waals surface area contributed by atoms with Crippen LogP contribution in [0.5, 0.6) is 0 Å². The molecule has 94 valence electrons. The lowest BCUT2D eigenvalue weighted by Gasteiger charge is -2.11. The number of anilines is 2. The Hall–Kier alpha value is -1.72. The third-order valence-electron chi connectivity index (χ3n) is 2.34. The lowest BCUT2D eigenvalue weighted by atomic mass is 10.3. The van der Waals surface area contributed by atoms with Crippen molar-refractivity contribution in [2.75, 3.05) is 10.5 Å². The second-order valence-electron chi connectivity index (χ2n) is 3.62. The van der Waals surface area contributed by atoms with Crippen LogP contribution in [0.1, 0.15) is 0 Å². The molecule has 0 atom stereocenters. The van der Waals surface area contributed by atoms with Gasteiger partial charge in [0.05, 0.1) is 21.3 Å². The van der Waals surface area contributed by atoms with E-state index in [9.17, 15) is 8.42 Å². The Bertz CT molecular complexity index is 637. The topological polar surface area (TPSA) is 72.2 Å². The largest absolute Gasteiger partial charge is 0.397 e. The fraction of sp³-hybridized carbons (Fsp3) is 0. The zero-order valence-corrected chi connectivity index (χ0v) is 10.9. The summed E-state index contributed by atoms with van der Waals surface area (Å²) in [6.45, 7) is 0. The van der Waals surface area contributed by atoms with Crippen molar-refractivity contribution >= 4 is 33.0 Å². The van der Waals surface area contributed by atoms with Crippen LogP contribution in [0.25, 0.3) is 0 Å². The van der Waals surface area contributed by atoms with Gasteiger partial charge in [0, 0.05) is 0 Å². The fourth-order valence-corrected chi connectivity index (χ4v) is 2.86. The number of hydrogen-bond donors (Lipinski definition) is 2. The highest BCUT2D eigenvalue weighted by Gasteiger charge is 2.16. The van der Waals surface area contributed by atoms with E-state index < -0.39 is 10.0 Å². The van der Waals surface area contributed by atoms with E-state index in [4.69, 9.17) is 17.3 Å². The molecule has 18 heavy (non-hydrogen) atoms. The molecule has 0 aliphatic heterocycles. The number of para-hydroxylation sites is 1. The molecule has 0 heterocycles. The molecular formula is C12H11ClN2O2S. The zero-order chi connectivity index (χ0) is 13.2. The van der Waals surface area contributed by atoms with Gasteiger partial charge in [-0.1, -0.05) is 35.9 Å². The Kier molecular flexibility index (Phi) is 3.45. The molecule has 2 aromatic rings. The standard InChI is InChI=1S/C12H11ClN2O2S/c13-10-7-4-8-11(14)12(10)15-18(16,17)9-5-2-1-3-6-9/h1-8,15H,14H2. The van der Waals surface area contributed by atoms with Gasteiger partial charge >= 0.3 is 0 Å². The molecule has 0 amide bonds. The number of halogens is 1. The van der Waals surface area contributed by atoms with Gasteiger partial charge in [0.2, 0.25) is 0 Å². The normalized spacial score (nSPS) is 11.2. The van der Waals surface area contributed by atoms with Gasteiger partial charge < -0.3 is 5.73 Å². The molecule has 0 aliphatic rings. The maximum Gasteiger partial charge on any atom is 0.262 e. The van der Waals surface area contributed by atoms with Crippen LogP contribution in [0.4, 0.5) is 11.4 Å². The third-order valence-corrected chi connectivity index (χ3v) is 4.02. The molecule has 0 saturated heterocycles. The van der Waals surface area contributed by atoms with Crippen molar-refractivity contribution in [2.45, 2.75) is 4.90 Å². The minimum absolute atomic E-state index is 0.157. The molecule has 0 aliphatic carbocycles. The summed E-state index contributed by atoms with van der Waals surface area (Å²) in [6, 6.07) is 12.8. The lowest BCUT2D eigenvalue weighted by Crippen LogP contribution is -2.14. The lowest BCUT2D eigenvalue weighted by molar-refractivity contribution is 0.601. The first kappa shape index (κ1) is 12.7. The Balaban J connectivity index is 2.41. The molecule has 4 nitrogen and oxygen atoms in total. The van der Waals surface area contributed by atoms with Crippen molar-refractivity contribution in [3.8, 4) is 0 Å². The molecule has 0 fully saturated rings. The number of hydrogen-bond acceptors (Lipinski definition) is 3. The maximum atomic E-state index is 12.1. The number of nitrogens with one attached hydrogen (secondary N) is 1. The van der Waals surface area contributed by atoms with E-state index in [0.717, 1.165) is 0 Å². The minimum atomic E-state index is -3.67. The van der Waals surface area contributed by atoms with Crippen molar-refractivity contribution in [3.05, 3.63) is 53.6 Å². The monoisotopic (exact) mass is 282 g/mol. The highest BCUT2D eigenvalue weighted by molar-refractivity contribution is 7.92. The van der Waals surface area contributed by atoms with Crippen LogP contribution in [0.15, 0.2) is 53.4 Å². The van der Waals surface area contributed by atoms with Gasteiger partial charge in [-0.05, 0) is 24.3 Å². The van der Waals surface area contributed by atoms with Gasteiger partial charge in [-0.15, -0.1) is 0 Å². The minimum Gasteiger partial charge on any atom is -0.397 e. The second kappa shape index (κ2) is 4.88. The van der Waals surface area contributed by atoms with Crippen LogP contribution in [-0.2, 0) is 10.0 Å². The summed E-state index contributed by atoms with van der Waals surface area (Å²) in [5.74, 6) is 0. The van der Waals surface area contributed by atoms with E-state index in [1.54, 1.807) is 36.4 Å². The highest BCUT2D eigenvalue weighted by atomic mass is 35.5. The first-order valence-corrected chi connectivity index (χ1v) is 6.99. The van der Waals surface area contributed by atoms with Crippen LogP contribution < -0.4 is 10.5 Å². The number of sulfonamides is 1. The summed E-state index contributed by atoms with van der Waals surface area (Å²) < 4.78 is 26.5. The second-order valence-corrected chi connectivity index (χ2v) is 5.71. The quantitative estimate of drug-likeness (QED) is 0.850. The Morgan fingerprint density at radius 2 is 1.67 bits per heavy atom. The molecule has 0 spiro atoms. The SMILES string of the molecule is Nc1cccc(Cl)c1NS(=O)(=O)c1ccccc1. The van der Waals surface area contributed by atoms with E-state index in [0.29, 0.717) is 0 Å². The predicted molar refractivity (Wildman–Crippen MR) is 73.1 cm³/mol. The number of rotatable bonds is 3. The fourth-order valence-electron chi connectivity index (χ4n) is 1.44.